The fourth-order valence-electron chi connectivity index (χ4n) is 1.65. The summed E-state index contributed by atoms with van der Waals surface area (Å²) in [6.07, 6.45) is 1.67. The fraction of sp³-hybridized carbons (Fsp3) is 0.667. The van der Waals surface area contributed by atoms with Crippen molar-refractivity contribution in [1.82, 2.24) is 9.78 Å². The Bertz CT molecular complexity index is 385. The summed E-state index contributed by atoms with van der Waals surface area (Å²) in [7, 11) is 0. The van der Waals surface area contributed by atoms with Gasteiger partial charge in [0.2, 0.25) is 0 Å². The molecule has 0 saturated heterocycles. The summed E-state index contributed by atoms with van der Waals surface area (Å²) in [5.74, 6) is 0.289. The van der Waals surface area contributed by atoms with Crippen LogP contribution in [0.4, 0.5) is 0 Å². The number of halogens is 1. The van der Waals surface area contributed by atoms with E-state index in [9.17, 15) is 4.79 Å². The van der Waals surface area contributed by atoms with Crippen LogP contribution in [-0.2, 0) is 24.2 Å². The highest BCUT2D eigenvalue weighted by atomic mass is 79.9. The molecule has 1 unspecified atom stereocenters. The van der Waals surface area contributed by atoms with Crippen molar-refractivity contribution in [1.29, 1.82) is 0 Å². The summed E-state index contributed by atoms with van der Waals surface area (Å²) in [6.45, 7) is 8.62. The normalized spacial score (nSPS) is 12.8. The van der Waals surface area contributed by atoms with Gasteiger partial charge in [0.15, 0.2) is 0 Å². The van der Waals surface area contributed by atoms with E-state index in [4.69, 9.17) is 0 Å². The van der Waals surface area contributed by atoms with Crippen molar-refractivity contribution in [3.05, 3.63) is 15.9 Å². The van der Waals surface area contributed by atoms with E-state index in [1.165, 1.54) is 0 Å². The molecule has 4 heteroatoms. The molecule has 0 aliphatic rings. The maximum absolute atomic E-state index is 11.3. The molecule has 90 valence electrons. The molecule has 1 heterocycles. The zero-order chi connectivity index (χ0) is 12.3. The molecule has 1 aromatic rings. The number of nitrogens with zero attached hydrogens (tertiary/aromatic N) is 2. The molecule has 0 aromatic carbocycles. The van der Waals surface area contributed by atoms with Gasteiger partial charge in [-0.25, -0.2) is 0 Å². The second-order valence-corrected chi connectivity index (χ2v) is 4.89. The summed E-state index contributed by atoms with van der Waals surface area (Å²) >= 11 is 3.59. The van der Waals surface area contributed by atoms with E-state index in [2.05, 4.69) is 34.9 Å². The average molecular weight is 287 g/mol. The Morgan fingerprint density at radius 1 is 1.50 bits per heavy atom. The monoisotopic (exact) mass is 286 g/mol. The zero-order valence-electron chi connectivity index (χ0n) is 10.4. The Morgan fingerprint density at radius 3 is 2.56 bits per heavy atom. The number of aromatic nitrogens is 2. The third-order valence-corrected chi connectivity index (χ3v) is 3.80. The average Bonchev–Trinajstić information content (AvgIpc) is 2.55. The van der Waals surface area contributed by atoms with Crippen LogP contribution in [0.1, 0.15) is 39.1 Å². The van der Waals surface area contributed by atoms with Crippen LogP contribution in [0.2, 0.25) is 0 Å². The van der Waals surface area contributed by atoms with Crippen LogP contribution in [0.25, 0.3) is 0 Å². The molecule has 0 bridgehead atoms. The maximum atomic E-state index is 11.3. The molecule has 0 saturated carbocycles. The van der Waals surface area contributed by atoms with Gasteiger partial charge in [0, 0.05) is 12.5 Å². The van der Waals surface area contributed by atoms with Crippen molar-refractivity contribution in [3.63, 3.8) is 0 Å². The van der Waals surface area contributed by atoms with E-state index < -0.39 is 0 Å². The molecule has 0 radical (unpaired) electrons. The van der Waals surface area contributed by atoms with Gasteiger partial charge in [-0.3, -0.25) is 9.48 Å². The van der Waals surface area contributed by atoms with Crippen molar-refractivity contribution in [2.24, 2.45) is 5.92 Å². The molecule has 1 aromatic heterocycles. The van der Waals surface area contributed by atoms with Gasteiger partial charge in [0.05, 0.1) is 15.9 Å². The Kier molecular flexibility index (Phi) is 4.71. The molecule has 1 rings (SSSR count). The first-order valence-electron chi connectivity index (χ1n) is 5.75. The van der Waals surface area contributed by atoms with Gasteiger partial charge >= 0.3 is 0 Å². The van der Waals surface area contributed by atoms with Crippen molar-refractivity contribution >= 4 is 21.7 Å². The van der Waals surface area contributed by atoms with Crippen LogP contribution in [0.5, 0.6) is 0 Å². The summed E-state index contributed by atoms with van der Waals surface area (Å²) in [5, 5.41) is 4.52. The highest BCUT2D eigenvalue weighted by molar-refractivity contribution is 9.10. The molecule has 0 spiro atoms. The minimum absolute atomic E-state index is 0.0583. The lowest BCUT2D eigenvalue weighted by Crippen LogP contribution is -2.13. The number of carbonyl (C=O) groups excluding carboxylic acids is 1. The van der Waals surface area contributed by atoms with Crippen LogP contribution < -0.4 is 0 Å². The van der Waals surface area contributed by atoms with Crippen LogP contribution in [-0.4, -0.2) is 15.6 Å². The number of carbonyl (C=O) groups is 1. The third-order valence-electron chi connectivity index (χ3n) is 2.89. The largest absolute Gasteiger partial charge is 0.300 e. The first-order valence-corrected chi connectivity index (χ1v) is 6.55. The molecule has 0 fully saturated rings. The summed E-state index contributed by atoms with van der Waals surface area (Å²) in [4.78, 5) is 11.3. The van der Waals surface area contributed by atoms with E-state index in [1.807, 2.05) is 11.6 Å². The zero-order valence-corrected chi connectivity index (χ0v) is 12.0. The highest BCUT2D eigenvalue weighted by Crippen LogP contribution is 2.24. The summed E-state index contributed by atoms with van der Waals surface area (Å²) in [5.41, 5.74) is 2.22. The van der Waals surface area contributed by atoms with Gasteiger partial charge < -0.3 is 0 Å². The lowest BCUT2D eigenvalue weighted by atomic mass is 10.0. The Hall–Kier alpha value is -0.640. The third kappa shape index (κ3) is 2.73. The van der Waals surface area contributed by atoms with E-state index in [-0.39, 0.29) is 11.7 Å². The van der Waals surface area contributed by atoms with Crippen LogP contribution in [0.15, 0.2) is 4.47 Å². The molecule has 16 heavy (non-hydrogen) atoms. The summed E-state index contributed by atoms with van der Waals surface area (Å²) in [6, 6.07) is 0. The number of Topliss-reactive ketones (excluding diaryl/α,β-unsaturated/α-hetero) is 1. The number of hydrogen-bond donors (Lipinski definition) is 0. The van der Waals surface area contributed by atoms with Crippen molar-refractivity contribution in [2.75, 3.05) is 0 Å². The second-order valence-electron chi connectivity index (χ2n) is 4.09. The number of aryl methyl sites for hydroxylation is 2. The van der Waals surface area contributed by atoms with Crippen molar-refractivity contribution < 1.29 is 4.79 Å². The van der Waals surface area contributed by atoms with E-state index in [0.717, 1.165) is 35.2 Å². The molecule has 0 aliphatic heterocycles. The standard InChI is InChI=1S/C12H19BrN2O/c1-5-10-12(13)11(15(6-2)14-10)7-8(3)9(4)16/h8H,5-7H2,1-4H3. The first kappa shape index (κ1) is 13.4. The van der Waals surface area contributed by atoms with E-state index in [0.29, 0.717) is 0 Å². The quantitative estimate of drug-likeness (QED) is 0.834. The van der Waals surface area contributed by atoms with Gasteiger partial charge in [-0.1, -0.05) is 13.8 Å². The van der Waals surface area contributed by atoms with E-state index >= 15 is 0 Å². The number of rotatable bonds is 5. The van der Waals surface area contributed by atoms with E-state index in [1.54, 1.807) is 6.92 Å². The molecular formula is C12H19BrN2O. The molecule has 0 aliphatic carbocycles. The molecular weight excluding hydrogens is 268 g/mol. The predicted octanol–water partition coefficient (Wildman–Crippen LogP) is 3.00. The van der Waals surface area contributed by atoms with Crippen LogP contribution in [0, 0.1) is 5.92 Å². The number of ketones is 1. The Morgan fingerprint density at radius 2 is 2.12 bits per heavy atom. The molecule has 3 nitrogen and oxygen atoms in total. The SMILES string of the molecule is CCc1nn(CC)c(CC(C)C(C)=O)c1Br. The highest BCUT2D eigenvalue weighted by Gasteiger charge is 2.18. The Labute approximate surface area is 105 Å². The van der Waals surface area contributed by atoms with Gasteiger partial charge in [0.1, 0.15) is 5.78 Å². The molecule has 0 N–H and O–H groups in total. The summed E-state index contributed by atoms with van der Waals surface area (Å²) < 4.78 is 3.06. The smallest absolute Gasteiger partial charge is 0.133 e. The van der Waals surface area contributed by atoms with Gasteiger partial charge in [0.25, 0.3) is 0 Å². The minimum atomic E-state index is 0.0583. The lowest BCUT2D eigenvalue weighted by Gasteiger charge is -2.09. The fourth-order valence-corrected chi connectivity index (χ4v) is 2.37. The van der Waals surface area contributed by atoms with Crippen molar-refractivity contribution in [3.8, 4) is 0 Å². The second kappa shape index (κ2) is 5.62. The molecule has 1 atom stereocenters. The van der Waals surface area contributed by atoms with Gasteiger partial charge in [-0.2, -0.15) is 5.10 Å². The minimum Gasteiger partial charge on any atom is -0.300 e. The van der Waals surface area contributed by atoms with Gasteiger partial charge in [-0.15, -0.1) is 0 Å². The Balaban J connectivity index is 3.01. The predicted molar refractivity (Wildman–Crippen MR) is 68.5 cm³/mol. The number of hydrogen-bond acceptors (Lipinski definition) is 2. The maximum Gasteiger partial charge on any atom is 0.133 e. The first-order chi connectivity index (χ1) is 7.51. The lowest BCUT2D eigenvalue weighted by molar-refractivity contribution is -0.120. The topological polar surface area (TPSA) is 34.9 Å². The van der Waals surface area contributed by atoms with Gasteiger partial charge in [-0.05, 0) is 42.6 Å². The van der Waals surface area contributed by atoms with Crippen LogP contribution >= 0.6 is 15.9 Å². The van der Waals surface area contributed by atoms with Crippen LogP contribution in [0.3, 0.4) is 0 Å². The van der Waals surface area contributed by atoms with Crippen molar-refractivity contribution in [2.45, 2.75) is 47.1 Å². The molecule has 0 amide bonds.